The summed E-state index contributed by atoms with van der Waals surface area (Å²) in [6, 6.07) is 6.78. The van der Waals surface area contributed by atoms with Crippen LogP contribution in [0.1, 0.15) is 10.4 Å². The summed E-state index contributed by atoms with van der Waals surface area (Å²) in [7, 11) is 0. The number of pyridine rings is 1. The molecule has 0 amide bonds. The van der Waals surface area contributed by atoms with Gasteiger partial charge in [0.05, 0.1) is 21.3 Å². The van der Waals surface area contributed by atoms with Gasteiger partial charge in [0.25, 0.3) is 0 Å². The van der Waals surface area contributed by atoms with E-state index in [0.717, 1.165) is 12.1 Å². The van der Waals surface area contributed by atoms with Crippen molar-refractivity contribution in [2.24, 2.45) is 0 Å². The molecule has 2 rings (SSSR count). The minimum atomic E-state index is -1.21. The van der Waals surface area contributed by atoms with Crippen LogP contribution in [0.3, 0.4) is 0 Å². The van der Waals surface area contributed by atoms with E-state index in [2.05, 4.69) is 4.98 Å². The summed E-state index contributed by atoms with van der Waals surface area (Å²) >= 11 is 11.8. The van der Waals surface area contributed by atoms with E-state index in [1.54, 1.807) is 12.1 Å². The Balaban J connectivity index is 2.73. The number of carboxylic acids is 1. The average molecular weight is 286 g/mol. The van der Waals surface area contributed by atoms with Crippen molar-refractivity contribution in [1.82, 2.24) is 4.98 Å². The van der Waals surface area contributed by atoms with E-state index >= 15 is 0 Å². The fourth-order valence-electron chi connectivity index (χ4n) is 1.50. The Morgan fingerprint density at radius 2 is 1.94 bits per heavy atom. The van der Waals surface area contributed by atoms with Crippen LogP contribution >= 0.6 is 23.2 Å². The molecule has 6 heteroatoms. The first-order chi connectivity index (χ1) is 8.50. The van der Waals surface area contributed by atoms with Crippen LogP contribution in [-0.4, -0.2) is 16.1 Å². The lowest BCUT2D eigenvalue weighted by atomic mass is 10.1. The van der Waals surface area contributed by atoms with Gasteiger partial charge in [0, 0.05) is 5.56 Å². The van der Waals surface area contributed by atoms with Gasteiger partial charge in [0.2, 0.25) is 5.95 Å². The number of hydrogen-bond donors (Lipinski definition) is 1. The van der Waals surface area contributed by atoms with E-state index < -0.39 is 11.9 Å². The zero-order chi connectivity index (χ0) is 13.3. The summed E-state index contributed by atoms with van der Waals surface area (Å²) in [5, 5.41) is 9.43. The first kappa shape index (κ1) is 12.8. The molecule has 0 unspecified atom stereocenters. The van der Waals surface area contributed by atoms with Crippen LogP contribution < -0.4 is 0 Å². The molecule has 0 fully saturated rings. The molecule has 0 radical (unpaired) electrons. The van der Waals surface area contributed by atoms with Crippen molar-refractivity contribution in [1.29, 1.82) is 0 Å². The third-order valence-electron chi connectivity index (χ3n) is 2.30. The molecular weight excluding hydrogens is 280 g/mol. The highest BCUT2D eigenvalue weighted by Crippen LogP contribution is 2.34. The Hall–Kier alpha value is -1.65. The lowest BCUT2D eigenvalue weighted by Crippen LogP contribution is -2.03. The van der Waals surface area contributed by atoms with Gasteiger partial charge < -0.3 is 5.11 Å². The summed E-state index contributed by atoms with van der Waals surface area (Å²) in [5.74, 6) is -2.00. The monoisotopic (exact) mass is 285 g/mol. The number of aromatic nitrogens is 1. The summed E-state index contributed by atoms with van der Waals surface area (Å²) in [6.45, 7) is 0. The lowest BCUT2D eigenvalue weighted by Gasteiger charge is -2.08. The van der Waals surface area contributed by atoms with Crippen LogP contribution in [0, 0.1) is 5.95 Å². The van der Waals surface area contributed by atoms with Gasteiger partial charge in [-0.1, -0.05) is 35.3 Å². The van der Waals surface area contributed by atoms with Gasteiger partial charge in [-0.15, -0.1) is 0 Å². The van der Waals surface area contributed by atoms with E-state index in [4.69, 9.17) is 28.3 Å². The van der Waals surface area contributed by atoms with Crippen molar-refractivity contribution in [2.45, 2.75) is 0 Å². The molecule has 0 aliphatic heterocycles. The predicted molar refractivity (Wildman–Crippen MR) is 66.6 cm³/mol. The first-order valence-electron chi connectivity index (χ1n) is 4.85. The van der Waals surface area contributed by atoms with Crippen molar-refractivity contribution >= 4 is 29.2 Å². The molecule has 0 atom stereocenters. The van der Waals surface area contributed by atoms with Crippen LogP contribution in [0.2, 0.25) is 10.0 Å². The summed E-state index contributed by atoms with van der Waals surface area (Å²) in [6.07, 6.45) is 0. The molecule has 0 bridgehead atoms. The number of aromatic carboxylic acids is 1. The maximum absolute atomic E-state index is 13.1. The Morgan fingerprint density at radius 3 is 2.61 bits per heavy atom. The predicted octanol–water partition coefficient (Wildman–Crippen LogP) is 3.89. The standard InChI is InChI=1S/C12H6Cl2FNO2/c13-8-3-1-2-6(10(8)14)11-7(12(17)18)4-5-9(15)16-11/h1-5H,(H,17,18). The molecule has 1 aromatic heterocycles. The maximum atomic E-state index is 13.1. The number of carbonyl (C=O) groups is 1. The maximum Gasteiger partial charge on any atom is 0.337 e. The summed E-state index contributed by atoms with van der Waals surface area (Å²) in [4.78, 5) is 14.6. The van der Waals surface area contributed by atoms with Crippen molar-refractivity contribution < 1.29 is 14.3 Å². The molecule has 1 heterocycles. The molecule has 0 aliphatic carbocycles. The van der Waals surface area contributed by atoms with Gasteiger partial charge in [-0.3, -0.25) is 0 Å². The van der Waals surface area contributed by atoms with Crippen molar-refractivity contribution in [3.05, 3.63) is 51.9 Å². The van der Waals surface area contributed by atoms with Crippen LogP contribution in [0.15, 0.2) is 30.3 Å². The largest absolute Gasteiger partial charge is 0.478 e. The molecule has 0 saturated carbocycles. The van der Waals surface area contributed by atoms with Crippen molar-refractivity contribution in [3.63, 3.8) is 0 Å². The number of rotatable bonds is 2. The molecule has 0 saturated heterocycles. The number of halogens is 3. The quantitative estimate of drug-likeness (QED) is 0.852. The Kier molecular flexibility index (Phi) is 3.50. The third-order valence-corrected chi connectivity index (χ3v) is 3.12. The smallest absolute Gasteiger partial charge is 0.337 e. The molecule has 0 aliphatic rings. The molecule has 1 N–H and O–H groups in total. The third kappa shape index (κ3) is 2.30. The summed E-state index contributed by atoms with van der Waals surface area (Å²) in [5.41, 5.74) is 0.0941. The molecular formula is C12H6Cl2FNO2. The SMILES string of the molecule is O=C(O)c1ccc(F)nc1-c1cccc(Cl)c1Cl. The second-order valence-electron chi connectivity index (χ2n) is 3.44. The normalized spacial score (nSPS) is 10.4. The zero-order valence-corrected chi connectivity index (χ0v) is 10.3. The van der Waals surface area contributed by atoms with E-state index in [9.17, 15) is 9.18 Å². The van der Waals surface area contributed by atoms with Crippen molar-refractivity contribution in [2.75, 3.05) is 0 Å². The molecule has 18 heavy (non-hydrogen) atoms. The molecule has 0 spiro atoms. The van der Waals surface area contributed by atoms with E-state index in [-0.39, 0.29) is 26.9 Å². The van der Waals surface area contributed by atoms with Crippen molar-refractivity contribution in [3.8, 4) is 11.3 Å². The van der Waals surface area contributed by atoms with Gasteiger partial charge >= 0.3 is 5.97 Å². The number of nitrogens with zero attached hydrogens (tertiary/aromatic N) is 1. The van der Waals surface area contributed by atoms with E-state index in [0.29, 0.717) is 0 Å². The molecule has 2 aromatic rings. The average Bonchev–Trinajstić information content (AvgIpc) is 2.32. The van der Waals surface area contributed by atoms with Crippen LogP contribution in [0.5, 0.6) is 0 Å². The van der Waals surface area contributed by atoms with Gasteiger partial charge in [-0.25, -0.2) is 9.78 Å². The van der Waals surface area contributed by atoms with E-state index in [1.807, 2.05) is 0 Å². The highest BCUT2D eigenvalue weighted by Gasteiger charge is 2.17. The highest BCUT2D eigenvalue weighted by molar-refractivity contribution is 6.43. The fourth-order valence-corrected chi connectivity index (χ4v) is 1.89. The zero-order valence-electron chi connectivity index (χ0n) is 8.82. The van der Waals surface area contributed by atoms with Gasteiger partial charge in [-0.05, 0) is 18.2 Å². The number of hydrogen-bond acceptors (Lipinski definition) is 2. The molecule has 3 nitrogen and oxygen atoms in total. The second-order valence-corrected chi connectivity index (χ2v) is 4.22. The minimum absolute atomic E-state index is 0.0463. The Bertz CT molecular complexity index is 631. The second kappa shape index (κ2) is 4.92. The van der Waals surface area contributed by atoms with E-state index in [1.165, 1.54) is 6.07 Å². The number of carboxylic acid groups (broad SMARTS) is 1. The minimum Gasteiger partial charge on any atom is -0.478 e. The highest BCUT2D eigenvalue weighted by atomic mass is 35.5. The van der Waals surface area contributed by atoms with Crippen LogP contribution in [0.25, 0.3) is 11.3 Å². The van der Waals surface area contributed by atoms with Gasteiger partial charge in [0.1, 0.15) is 0 Å². The fraction of sp³-hybridized carbons (Fsp3) is 0. The van der Waals surface area contributed by atoms with Gasteiger partial charge in [0.15, 0.2) is 0 Å². The Labute approximate surface area is 112 Å². The lowest BCUT2D eigenvalue weighted by molar-refractivity contribution is 0.0697. The molecule has 92 valence electrons. The summed E-state index contributed by atoms with van der Waals surface area (Å²) < 4.78 is 13.1. The van der Waals surface area contributed by atoms with Crippen LogP contribution in [-0.2, 0) is 0 Å². The topological polar surface area (TPSA) is 50.2 Å². The molecule has 1 aromatic carbocycles. The first-order valence-corrected chi connectivity index (χ1v) is 5.60. The van der Waals surface area contributed by atoms with Gasteiger partial charge in [-0.2, -0.15) is 4.39 Å². The van der Waals surface area contributed by atoms with Crippen LogP contribution in [0.4, 0.5) is 4.39 Å². The number of benzene rings is 1. The Morgan fingerprint density at radius 1 is 1.22 bits per heavy atom.